The fourth-order valence-corrected chi connectivity index (χ4v) is 3.94. The highest BCUT2D eigenvalue weighted by Gasteiger charge is 2.19. The van der Waals surface area contributed by atoms with Gasteiger partial charge < -0.3 is 0 Å². The van der Waals surface area contributed by atoms with Crippen molar-refractivity contribution >= 4 is 22.8 Å². The Balaban J connectivity index is 1.47. The van der Waals surface area contributed by atoms with Crippen molar-refractivity contribution in [2.75, 3.05) is 5.32 Å². The first-order chi connectivity index (χ1) is 14.6. The first kappa shape index (κ1) is 18.5. The van der Waals surface area contributed by atoms with E-state index in [1.165, 1.54) is 30.9 Å². The van der Waals surface area contributed by atoms with Crippen LogP contribution in [0.3, 0.4) is 0 Å². The summed E-state index contributed by atoms with van der Waals surface area (Å²) in [7, 11) is 0. The Labute approximate surface area is 174 Å². The molecule has 0 amide bonds. The predicted octanol–water partition coefficient (Wildman–Crippen LogP) is 5.01. The normalized spacial score (nSPS) is 13.9. The van der Waals surface area contributed by atoms with Crippen molar-refractivity contribution in [3.63, 3.8) is 0 Å². The summed E-state index contributed by atoms with van der Waals surface area (Å²) in [6, 6.07) is 15.9. The fraction of sp³-hybridized carbons (Fsp3) is 0.250. The van der Waals surface area contributed by atoms with Crippen LogP contribution < -0.4 is 10.9 Å². The van der Waals surface area contributed by atoms with Gasteiger partial charge in [-0.05, 0) is 43.7 Å². The Morgan fingerprint density at radius 1 is 1.00 bits per heavy atom. The van der Waals surface area contributed by atoms with Crippen LogP contribution in [0.4, 0.5) is 11.9 Å². The van der Waals surface area contributed by atoms with Gasteiger partial charge in [-0.1, -0.05) is 48.9 Å². The van der Waals surface area contributed by atoms with Crippen molar-refractivity contribution in [3.05, 3.63) is 75.7 Å². The maximum Gasteiger partial charge on any atom is 0.252 e. The zero-order valence-corrected chi connectivity index (χ0v) is 17.1. The smallest absolute Gasteiger partial charge is 0.252 e. The monoisotopic (exact) mass is 397 g/mol. The summed E-state index contributed by atoms with van der Waals surface area (Å²) in [5.41, 5.74) is 5.51. The molecule has 2 aromatic carbocycles. The predicted molar refractivity (Wildman–Crippen MR) is 119 cm³/mol. The third-order valence-electron chi connectivity index (χ3n) is 5.87. The standard InChI is InChI=1S/C24H23N5O/c1-14-5-3-8-19-15(2)25-23(28-22(14)19)29-24-26-20(13-21(30)27-24)18-11-9-17(10-12-18)16-6-4-7-16/h3,5,8-13,16H,4,6-7H2,1-2H3,(H2,25,26,27,28,29,30). The molecule has 2 heterocycles. The second-order valence-corrected chi connectivity index (χ2v) is 7.96. The van der Waals surface area contributed by atoms with Crippen LogP contribution in [-0.4, -0.2) is 19.9 Å². The van der Waals surface area contributed by atoms with Crippen LogP contribution in [0.2, 0.25) is 0 Å². The summed E-state index contributed by atoms with van der Waals surface area (Å²) in [5, 5.41) is 4.09. The van der Waals surface area contributed by atoms with E-state index < -0.39 is 0 Å². The molecule has 2 N–H and O–H groups in total. The van der Waals surface area contributed by atoms with E-state index in [9.17, 15) is 4.79 Å². The summed E-state index contributed by atoms with van der Waals surface area (Å²) in [5.74, 6) is 1.42. The van der Waals surface area contributed by atoms with Gasteiger partial charge in [0.05, 0.1) is 16.9 Å². The minimum absolute atomic E-state index is 0.223. The molecule has 1 saturated carbocycles. The summed E-state index contributed by atoms with van der Waals surface area (Å²) in [6.45, 7) is 3.97. The molecule has 0 atom stereocenters. The highest BCUT2D eigenvalue weighted by Crippen LogP contribution is 2.36. The SMILES string of the molecule is Cc1nc(Nc2nc(-c3ccc(C4CCC4)cc3)cc(=O)[nH]2)nc2c(C)cccc12. The van der Waals surface area contributed by atoms with Crippen LogP contribution in [0, 0.1) is 13.8 Å². The fourth-order valence-electron chi connectivity index (χ4n) is 3.94. The van der Waals surface area contributed by atoms with E-state index in [0.717, 1.165) is 27.7 Å². The third-order valence-corrected chi connectivity index (χ3v) is 5.87. The van der Waals surface area contributed by atoms with Crippen molar-refractivity contribution in [3.8, 4) is 11.3 Å². The third kappa shape index (κ3) is 3.45. The maximum atomic E-state index is 12.3. The second-order valence-electron chi connectivity index (χ2n) is 7.96. The second kappa shape index (κ2) is 7.37. The van der Waals surface area contributed by atoms with Gasteiger partial charge in [0, 0.05) is 17.0 Å². The average Bonchev–Trinajstić information content (AvgIpc) is 2.68. The highest BCUT2D eigenvalue weighted by molar-refractivity contribution is 5.84. The van der Waals surface area contributed by atoms with Crippen LogP contribution in [-0.2, 0) is 0 Å². The first-order valence-electron chi connectivity index (χ1n) is 10.3. The van der Waals surface area contributed by atoms with Gasteiger partial charge in [0.15, 0.2) is 0 Å². The molecule has 0 spiro atoms. The number of para-hydroxylation sites is 1. The number of nitrogens with one attached hydrogen (secondary N) is 2. The van der Waals surface area contributed by atoms with Gasteiger partial charge in [-0.2, -0.15) is 0 Å². The number of aryl methyl sites for hydroxylation is 2. The van der Waals surface area contributed by atoms with E-state index in [2.05, 4.69) is 37.4 Å². The number of fused-ring (bicyclic) bond motifs is 1. The molecule has 150 valence electrons. The van der Waals surface area contributed by atoms with E-state index in [0.29, 0.717) is 23.5 Å². The van der Waals surface area contributed by atoms with Gasteiger partial charge in [0.25, 0.3) is 5.56 Å². The lowest BCUT2D eigenvalue weighted by molar-refractivity contribution is 0.420. The zero-order valence-electron chi connectivity index (χ0n) is 17.1. The lowest BCUT2D eigenvalue weighted by Gasteiger charge is -2.25. The Bertz CT molecular complexity index is 1290. The number of benzene rings is 2. The molecule has 0 bridgehead atoms. The molecule has 1 fully saturated rings. The molecular weight excluding hydrogens is 374 g/mol. The van der Waals surface area contributed by atoms with Gasteiger partial charge in [0.2, 0.25) is 11.9 Å². The summed E-state index contributed by atoms with van der Waals surface area (Å²) in [6.07, 6.45) is 3.84. The number of nitrogens with zero attached hydrogens (tertiary/aromatic N) is 3. The average molecular weight is 397 g/mol. The number of hydrogen-bond donors (Lipinski definition) is 2. The molecule has 0 saturated heterocycles. The summed E-state index contributed by atoms with van der Waals surface area (Å²) < 4.78 is 0. The largest absolute Gasteiger partial charge is 0.294 e. The minimum Gasteiger partial charge on any atom is -0.294 e. The number of H-pyrrole nitrogens is 1. The molecule has 1 aliphatic carbocycles. The Morgan fingerprint density at radius 3 is 2.53 bits per heavy atom. The molecule has 30 heavy (non-hydrogen) atoms. The molecule has 2 aromatic heterocycles. The topological polar surface area (TPSA) is 83.6 Å². The summed E-state index contributed by atoms with van der Waals surface area (Å²) in [4.78, 5) is 28.8. The minimum atomic E-state index is -0.223. The number of aromatic amines is 1. The zero-order chi connectivity index (χ0) is 20.7. The molecule has 0 radical (unpaired) electrons. The molecule has 4 aromatic rings. The number of aromatic nitrogens is 4. The molecule has 5 rings (SSSR count). The number of rotatable bonds is 4. The lowest BCUT2D eigenvalue weighted by atomic mass is 9.80. The van der Waals surface area contributed by atoms with Gasteiger partial charge >= 0.3 is 0 Å². The maximum absolute atomic E-state index is 12.3. The summed E-state index contributed by atoms with van der Waals surface area (Å²) >= 11 is 0. The van der Waals surface area contributed by atoms with Crippen LogP contribution in [0.25, 0.3) is 22.2 Å². The van der Waals surface area contributed by atoms with Gasteiger partial charge in [-0.25, -0.2) is 15.0 Å². The quantitative estimate of drug-likeness (QED) is 0.506. The Hall–Kier alpha value is -3.54. The Kier molecular flexibility index (Phi) is 4.54. The van der Waals surface area contributed by atoms with Crippen molar-refractivity contribution in [1.82, 2.24) is 19.9 Å². The Morgan fingerprint density at radius 2 is 1.80 bits per heavy atom. The van der Waals surface area contributed by atoms with Gasteiger partial charge in [-0.15, -0.1) is 0 Å². The molecule has 6 heteroatoms. The van der Waals surface area contributed by atoms with Crippen molar-refractivity contribution in [2.24, 2.45) is 0 Å². The molecule has 0 aliphatic heterocycles. The van der Waals surface area contributed by atoms with Gasteiger partial charge in [-0.3, -0.25) is 15.1 Å². The van der Waals surface area contributed by atoms with E-state index in [1.807, 2.05) is 44.2 Å². The van der Waals surface area contributed by atoms with E-state index in [1.54, 1.807) is 0 Å². The van der Waals surface area contributed by atoms with Crippen LogP contribution >= 0.6 is 0 Å². The van der Waals surface area contributed by atoms with E-state index in [4.69, 9.17) is 0 Å². The molecule has 6 nitrogen and oxygen atoms in total. The van der Waals surface area contributed by atoms with Crippen molar-refractivity contribution < 1.29 is 0 Å². The first-order valence-corrected chi connectivity index (χ1v) is 10.3. The van der Waals surface area contributed by atoms with Gasteiger partial charge in [0.1, 0.15) is 0 Å². The number of anilines is 2. The van der Waals surface area contributed by atoms with E-state index in [-0.39, 0.29) is 5.56 Å². The molecular formula is C24H23N5O. The lowest BCUT2D eigenvalue weighted by Crippen LogP contribution is -2.12. The molecule has 0 unspecified atom stereocenters. The highest BCUT2D eigenvalue weighted by atomic mass is 16.1. The van der Waals surface area contributed by atoms with Crippen LogP contribution in [0.15, 0.2) is 53.3 Å². The van der Waals surface area contributed by atoms with Crippen molar-refractivity contribution in [1.29, 1.82) is 0 Å². The molecule has 1 aliphatic rings. The van der Waals surface area contributed by atoms with Crippen molar-refractivity contribution in [2.45, 2.75) is 39.0 Å². The van der Waals surface area contributed by atoms with Crippen LogP contribution in [0.1, 0.15) is 42.0 Å². The number of hydrogen-bond acceptors (Lipinski definition) is 5. The van der Waals surface area contributed by atoms with E-state index >= 15 is 0 Å². The van der Waals surface area contributed by atoms with Crippen LogP contribution in [0.5, 0.6) is 0 Å².